The normalized spacial score (nSPS) is 12.3. The van der Waals surface area contributed by atoms with Crippen molar-refractivity contribution < 1.29 is 0 Å². The molecule has 1 aliphatic rings. The highest BCUT2D eigenvalue weighted by Gasteiger charge is 2.30. The fourth-order valence-corrected chi connectivity index (χ4v) is 12.2. The highest BCUT2D eigenvalue weighted by Crippen LogP contribution is 2.52. The summed E-state index contributed by atoms with van der Waals surface area (Å²) >= 11 is 0. The van der Waals surface area contributed by atoms with Gasteiger partial charge < -0.3 is 4.57 Å². The van der Waals surface area contributed by atoms with E-state index in [1.165, 1.54) is 21.9 Å². The minimum absolute atomic E-state index is 0.560. The Morgan fingerprint density at radius 1 is 0.365 bits per heavy atom. The zero-order valence-corrected chi connectivity index (χ0v) is 47.0. The number of hydrogen-bond donors (Lipinski definition) is 0. The third-order valence-electron chi connectivity index (χ3n) is 16.3. The molecule has 0 bridgehead atoms. The Kier molecular flexibility index (Phi) is 14.1. The van der Waals surface area contributed by atoms with Crippen LogP contribution in [0.25, 0.3) is 140 Å². The first-order chi connectivity index (χ1) is 42.1. The second-order valence-corrected chi connectivity index (χ2v) is 21.4. The van der Waals surface area contributed by atoms with Crippen LogP contribution in [0, 0.1) is 0 Å². The van der Waals surface area contributed by atoms with Gasteiger partial charge in [0.15, 0.2) is 17.5 Å². The summed E-state index contributed by atoms with van der Waals surface area (Å²) in [6, 6.07) is 96.0. The molecular formula is C81H58N4. The molecule has 11 aromatic carbocycles. The van der Waals surface area contributed by atoms with Crippen molar-refractivity contribution in [2.45, 2.75) is 12.8 Å². The van der Waals surface area contributed by atoms with E-state index in [4.69, 9.17) is 15.0 Å². The van der Waals surface area contributed by atoms with Crippen LogP contribution in [0.3, 0.4) is 0 Å². The summed E-state index contributed by atoms with van der Waals surface area (Å²) in [4.78, 5) is 16.0. The molecular weight excluding hydrogens is 1030 g/mol. The lowest BCUT2D eigenvalue weighted by Crippen LogP contribution is -2.05. The second-order valence-electron chi connectivity index (χ2n) is 21.4. The molecule has 13 aromatic rings. The average molecular weight is 1090 g/mol. The van der Waals surface area contributed by atoms with Crippen LogP contribution in [-0.4, -0.2) is 19.5 Å². The molecule has 0 unspecified atom stereocenters. The lowest BCUT2D eigenvalue weighted by molar-refractivity contribution is 1.06. The smallest absolute Gasteiger partial charge is 0.164 e. The topological polar surface area (TPSA) is 43.6 Å². The minimum atomic E-state index is 0.560. The Hall–Kier alpha value is -11.1. The van der Waals surface area contributed by atoms with E-state index in [1.54, 1.807) is 0 Å². The maximum Gasteiger partial charge on any atom is 0.164 e. The van der Waals surface area contributed by atoms with Gasteiger partial charge in [0.05, 0.1) is 16.7 Å². The van der Waals surface area contributed by atoms with Gasteiger partial charge in [0, 0.05) is 49.7 Å². The first-order valence-corrected chi connectivity index (χ1v) is 29.0. The van der Waals surface area contributed by atoms with Gasteiger partial charge in [-0.1, -0.05) is 304 Å². The van der Waals surface area contributed by atoms with Crippen LogP contribution < -0.4 is 0 Å². The van der Waals surface area contributed by atoms with Crippen molar-refractivity contribution in [3.05, 3.63) is 328 Å². The minimum Gasteiger partial charge on any atom is -0.307 e. The summed E-state index contributed by atoms with van der Waals surface area (Å²) in [6.07, 6.45) is 14.4. The molecule has 0 amide bonds. The van der Waals surface area contributed by atoms with E-state index in [1.807, 2.05) is 54.6 Å². The number of aromatic nitrogens is 4. The van der Waals surface area contributed by atoms with Crippen LogP contribution in [-0.2, 0) is 0 Å². The van der Waals surface area contributed by atoms with Gasteiger partial charge in [0.2, 0.25) is 0 Å². The third-order valence-corrected chi connectivity index (χ3v) is 16.3. The zero-order valence-electron chi connectivity index (χ0n) is 47.0. The van der Waals surface area contributed by atoms with Crippen LogP contribution in [0.2, 0.25) is 0 Å². The quantitative estimate of drug-likeness (QED) is 0.102. The largest absolute Gasteiger partial charge is 0.307 e. The molecule has 2 aromatic heterocycles. The Morgan fingerprint density at radius 2 is 0.741 bits per heavy atom. The van der Waals surface area contributed by atoms with E-state index in [0.29, 0.717) is 17.5 Å². The summed E-state index contributed by atoms with van der Waals surface area (Å²) in [6.45, 7) is 8.25. The maximum absolute atomic E-state index is 5.43. The Morgan fingerprint density at radius 3 is 1.20 bits per heavy atom. The fourth-order valence-electron chi connectivity index (χ4n) is 12.2. The number of rotatable bonds is 14. The van der Waals surface area contributed by atoms with Crippen LogP contribution in [0.1, 0.15) is 24.0 Å². The highest BCUT2D eigenvalue weighted by atomic mass is 15.0. The molecule has 0 spiro atoms. The Labute approximate surface area is 496 Å². The monoisotopic (exact) mass is 1090 g/mol. The average Bonchev–Trinajstić information content (AvgIpc) is 1.70. The van der Waals surface area contributed by atoms with Crippen molar-refractivity contribution in [1.82, 2.24) is 19.5 Å². The first kappa shape index (κ1) is 52.0. The maximum atomic E-state index is 5.43. The summed E-state index contributed by atoms with van der Waals surface area (Å²) in [5.74, 6) is 1.74. The lowest BCUT2D eigenvalue weighted by Gasteiger charge is -2.23. The van der Waals surface area contributed by atoms with Crippen molar-refractivity contribution in [3.8, 4) is 107 Å². The molecule has 0 fully saturated rings. The molecule has 2 heterocycles. The summed E-state index contributed by atoms with van der Waals surface area (Å²) < 4.78 is 2.64. The number of fused-ring (bicyclic) bond motifs is 3. The molecule has 0 saturated heterocycles. The molecule has 4 heteroatoms. The van der Waals surface area contributed by atoms with Gasteiger partial charge in [-0.25, -0.2) is 15.0 Å². The third kappa shape index (κ3) is 9.96. The number of nitrogens with zero attached hydrogens (tertiary/aromatic N) is 4. The fraction of sp³-hybridized carbons (Fsp3) is 0.0247. The van der Waals surface area contributed by atoms with Crippen molar-refractivity contribution in [1.29, 1.82) is 0 Å². The van der Waals surface area contributed by atoms with E-state index in [9.17, 15) is 0 Å². The SMILES string of the molecule is C=C/C=C(\C=C)c1ccc(-c2cc(-c3nc(-c4ccccc4)nc(-c4ccccc4)n3)cc(-c3ccc(-c4ccccc4)cc3)c2-n2c3c(-c4ccccc4)ccc(C4=CC=CCC4)c3c3c(-c4ccccc4)ccc(-c4ccccc4)c32)cc1. The van der Waals surface area contributed by atoms with Gasteiger partial charge in [-0.15, -0.1) is 0 Å². The molecule has 1 aliphatic carbocycles. The second kappa shape index (κ2) is 23.1. The van der Waals surface area contributed by atoms with E-state index in [0.717, 1.165) is 124 Å². The molecule has 0 radical (unpaired) electrons. The molecule has 0 saturated carbocycles. The van der Waals surface area contributed by atoms with Crippen LogP contribution in [0.4, 0.5) is 0 Å². The zero-order chi connectivity index (χ0) is 57.1. The molecule has 0 atom stereocenters. The van der Waals surface area contributed by atoms with Crippen molar-refractivity contribution >= 4 is 33.0 Å². The Bertz CT molecular complexity index is 4650. The number of hydrogen-bond acceptors (Lipinski definition) is 3. The van der Waals surface area contributed by atoms with Gasteiger partial charge in [0.25, 0.3) is 0 Å². The van der Waals surface area contributed by atoms with E-state index in [2.05, 4.69) is 266 Å². The predicted octanol–water partition coefficient (Wildman–Crippen LogP) is 21.5. The van der Waals surface area contributed by atoms with Gasteiger partial charge in [-0.05, 0) is 91.8 Å². The van der Waals surface area contributed by atoms with Crippen LogP contribution in [0.5, 0.6) is 0 Å². The summed E-state index contributed by atoms with van der Waals surface area (Å²) in [7, 11) is 0. The molecule has 0 aliphatic heterocycles. The summed E-state index contributed by atoms with van der Waals surface area (Å²) in [5, 5.41) is 2.39. The van der Waals surface area contributed by atoms with Crippen molar-refractivity contribution in [3.63, 3.8) is 0 Å². The molecule has 0 N–H and O–H groups in total. The molecule has 85 heavy (non-hydrogen) atoms. The van der Waals surface area contributed by atoms with E-state index < -0.39 is 0 Å². The van der Waals surface area contributed by atoms with Gasteiger partial charge in [-0.3, -0.25) is 0 Å². The predicted molar refractivity (Wildman–Crippen MR) is 358 cm³/mol. The standard InChI is InChI=1S/C81H58N4/c1-3-26-55(4-2)57-41-45-63(46-42-57)72-53-67(81-83-79(65-37-22-10-23-38-65)82-80(84-81)66-39-24-11-25-40-66)54-73(64-47-43-58(44-48-64)56-27-12-5-13-28-56)76(72)85-77-70(61-33-18-8-19-34-61)51-49-68(59-29-14-6-15-30-59)74(77)75-69(60-31-16-7-17-32-60)50-52-71(78(75)85)62-35-20-9-21-36-62/h3-16,18-31,33-54H,1-2,17,32H2/b55-26+. The molecule has 14 rings (SSSR count). The van der Waals surface area contributed by atoms with Gasteiger partial charge >= 0.3 is 0 Å². The summed E-state index contributed by atoms with van der Waals surface area (Å²) in [5.41, 5.74) is 23.5. The molecule has 402 valence electrons. The number of allylic oxidation sites excluding steroid dienone is 8. The van der Waals surface area contributed by atoms with Gasteiger partial charge in [-0.2, -0.15) is 0 Å². The number of benzene rings is 11. The van der Waals surface area contributed by atoms with Gasteiger partial charge in [0.1, 0.15) is 0 Å². The van der Waals surface area contributed by atoms with Crippen molar-refractivity contribution in [2.24, 2.45) is 0 Å². The van der Waals surface area contributed by atoms with Crippen molar-refractivity contribution in [2.75, 3.05) is 0 Å². The first-order valence-electron chi connectivity index (χ1n) is 29.0. The molecule has 4 nitrogen and oxygen atoms in total. The van der Waals surface area contributed by atoms with E-state index in [-0.39, 0.29) is 0 Å². The van der Waals surface area contributed by atoms with Crippen LogP contribution in [0.15, 0.2) is 317 Å². The van der Waals surface area contributed by atoms with Crippen LogP contribution >= 0.6 is 0 Å². The Balaban J connectivity index is 1.21. The van der Waals surface area contributed by atoms with E-state index >= 15 is 0 Å². The highest BCUT2D eigenvalue weighted by molar-refractivity contribution is 6.25. The lowest BCUT2D eigenvalue weighted by atomic mass is 9.88.